The first-order chi connectivity index (χ1) is 19.3. The van der Waals surface area contributed by atoms with Crippen molar-refractivity contribution >= 4 is 34.2 Å². The van der Waals surface area contributed by atoms with Crippen molar-refractivity contribution in [3.63, 3.8) is 0 Å². The largest absolute Gasteiger partial charge is 0.309 e. The van der Waals surface area contributed by atoms with E-state index in [4.69, 9.17) is 11.7 Å². The third-order valence-corrected chi connectivity index (χ3v) is 9.44. The molecule has 7 rings (SSSR count). The van der Waals surface area contributed by atoms with Gasteiger partial charge in [-0.25, -0.2) is 6.57 Å². The lowest BCUT2D eigenvalue weighted by molar-refractivity contribution is -0.134. The first-order valence-corrected chi connectivity index (χ1v) is 14.2. The predicted octanol–water partition coefficient (Wildman–Crippen LogP) is 3.66. The molecule has 4 heterocycles. The summed E-state index contributed by atoms with van der Waals surface area (Å²) in [7, 11) is 0. The van der Waals surface area contributed by atoms with E-state index in [2.05, 4.69) is 32.9 Å². The molecule has 1 aliphatic carbocycles. The van der Waals surface area contributed by atoms with Gasteiger partial charge in [0.25, 0.3) is 5.91 Å². The number of carbonyl (C=O) groups excluding carboxylic acids is 3. The molecule has 1 saturated carbocycles. The molecule has 1 unspecified atom stereocenters. The molecule has 0 radical (unpaired) electrons. The number of anilines is 1. The van der Waals surface area contributed by atoms with Crippen molar-refractivity contribution in [1.29, 1.82) is 0 Å². The Morgan fingerprint density at radius 2 is 1.90 bits per heavy atom. The van der Waals surface area contributed by atoms with Crippen LogP contribution in [0.3, 0.4) is 0 Å². The molecule has 204 valence electrons. The van der Waals surface area contributed by atoms with Crippen LogP contribution in [0.2, 0.25) is 0 Å². The number of hydrogen-bond donors (Lipinski definition) is 1. The van der Waals surface area contributed by atoms with E-state index in [1.165, 1.54) is 0 Å². The van der Waals surface area contributed by atoms with Crippen LogP contribution in [0.1, 0.15) is 66.9 Å². The molecule has 9 nitrogen and oxygen atoms in total. The first-order valence-electron chi connectivity index (χ1n) is 14.2. The lowest BCUT2D eigenvalue weighted by Gasteiger charge is -2.39. The summed E-state index contributed by atoms with van der Waals surface area (Å²) >= 11 is 0. The molecule has 40 heavy (non-hydrogen) atoms. The van der Waals surface area contributed by atoms with Crippen LogP contribution < -0.4 is 10.2 Å². The van der Waals surface area contributed by atoms with Gasteiger partial charge in [0.2, 0.25) is 17.4 Å². The second kappa shape index (κ2) is 9.00. The maximum atomic E-state index is 13.4. The fourth-order valence-corrected chi connectivity index (χ4v) is 6.71. The number of nitrogens with one attached hydrogen (secondary N) is 1. The molecular formula is C31H32N6O3. The highest BCUT2D eigenvalue weighted by molar-refractivity contribution is 6.27. The summed E-state index contributed by atoms with van der Waals surface area (Å²) in [5.74, 6) is -0.902. The Labute approximate surface area is 232 Å². The van der Waals surface area contributed by atoms with Crippen molar-refractivity contribution in [2.75, 3.05) is 24.5 Å². The fourth-order valence-electron chi connectivity index (χ4n) is 6.71. The van der Waals surface area contributed by atoms with Crippen molar-refractivity contribution in [2.24, 2.45) is 0 Å². The quantitative estimate of drug-likeness (QED) is 0.384. The number of benzene rings is 2. The first kappa shape index (κ1) is 25.0. The number of aromatic nitrogens is 2. The van der Waals surface area contributed by atoms with E-state index in [1.807, 2.05) is 36.5 Å². The van der Waals surface area contributed by atoms with E-state index in [0.29, 0.717) is 18.4 Å². The van der Waals surface area contributed by atoms with Crippen molar-refractivity contribution in [3.05, 3.63) is 70.8 Å². The number of rotatable bonds is 6. The normalized spacial score (nSPS) is 23.4. The number of likely N-dealkylation sites (tertiary alicyclic amines) is 1. The fraction of sp³-hybridized carbons (Fsp3) is 0.452. The highest BCUT2D eigenvalue weighted by Gasteiger charge is 2.52. The molecular weight excluding hydrogens is 504 g/mol. The van der Waals surface area contributed by atoms with E-state index < -0.39 is 11.9 Å². The van der Waals surface area contributed by atoms with Gasteiger partial charge in [0.15, 0.2) is 0 Å². The molecule has 1 N–H and O–H groups in total. The minimum absolute atomic E-state index is 0.0551. The Morgan fingerprint density at radius 1 is 1.10 bits per heavy atom. The zero-order valence-corrected chi connectivity index (χ0v) is 22.7. The Bertz CT molecular complexity index is 1600. The molecule has 0 spiro atoms. The summed E-state index contributed by atoms with van der Waals surface area (Å²) in [5.41, 5.74) is 3.37. The topological polar surface area (TPSA) is 91.9 Å². The maximum absolute atomic E-state index is 13.4. The van der Waals surface area contributed by atoms with Gasteiger partial charge in [-0.15, -0.1) is 0 Å². The van der Waals surface area contributed by atoms with Crippen LogP contribution in [-0.4, -0.2) is 63.6 Å². The second-order valence-corrected chi connectivity index (χ2v) is 12.2. The Hall–Kier alpha value is -4.03. The molecule has 3 fully saturated rings. The highest BCUT2D eigenvalue weighted by atomic mass is 16.2. The second-order valence-electron chi connectivity index (χ2n) is 12.2. The van der Waals surface area contributed by atoms with Crippen molar-refractivity contribution in [2.45, 2.75) is 69.0 Å². The van der Waals surface area contributed by atoms with Gasteiger partial charge in [-0.3, -0.25) is 34.2 Å². The van der Waals surface area contributed by atoms with E-state index in [0.717, 1.165) is 72.9 Å². The monoisotopic (exact) mass is 536 g/mol. The molecule has 1 aromatic heterocycles. The number of carbonyl (C=O) groups is 3. The molecule has 9 heteroatoms. The Morgan fingerprint density at radius 3 is 2.62 bits per heavy atom. The van der Waals surface area contributed by atoms with Crippen molar-refractivity contribution in [1.82, 2.24) is 20.0 Å². The minimum atomic E-state index is -0.687. The summed E-state index contributed by atoms with van der Waals surface area (Å²) in [6.45, 7) is 12.6. The zero-order chi connectivity index (χ0) is 27.6. The van der Waals surface area contributed by atoms with Crippen molar-refractivity contribution < 1.29 is 14.4 Å². The smallest absolute Gasteiger partial charge is 0.259 e. The van der Waals surface area contributed by atoms with Crippen LogP contribution in [-0.2, 0) is 21.5 Å². The standard InChI is InChI=1S/C31H32N6O3/c1-30(12-14-35(15-13-30)19-31(32-2)10-11-31)36-18-20(17-33-36)16-21-6-7-24-27-22(21)4-3-5-23(27)29(40)37(24)25-8-9-26(38)34-28(25)39/h3-7,17-18,25H,8-16,19H2,1H3,(H,34,38,39). The molecule has 0 bridgehead atoms. The van der Waals surface area contributed by atoms with Crippen LogP contribution >= 0.6 is 0 Å². The third-order valence-electron chi connectivity index (χ3n) is 9.44. The van der Waals surface area contributed by atoms with Crippen LogP contribution in [0.25, 0.3) is 15.6 Å². The molecule has 3 aromatic rings. The zero-order valence-electron chi connectivity index (χ0n) is 22.7. The van der Waals surface area contributed by atoms with Crippen LogP contribution in [0.5, 0.6) is 0 Å². The van der Waals surface area contributed by atoms with Crippen molar-refractivity contribution in [3.8, 4) is 0 Å². The summed E-state index contributed by atoms with van der Waals surface area (Å²) in [5, 5.41) is 9.03. The molecule has 2 aromatic carbocycles. The van der Waals surface area contributed by atoms with E-state index in [1.54, 1.807) is 4.90 Å². The van der Waals surface area contributed by atoms with Crippen LogP contribution in [0, 0.1) is 6.57 Å². The number of piperidine rings is 2. The van der Waals surface area contributed by atoms with Crippen LogP contribution in [0.15, 0.2) is 42.7 Å². The number of hydrogen-bond acceptors (Lipinski definition) is 5. The molecule has 3 aliphatic heterocycles. The average Bonchev–Trinajstić information content (AvgIpc) is 3.45. The minimum Gasteiger partial charge on any atom is -0.309 e. The Balaban J connectivity index is 1.11. The van der Waals surface area contributed by atoms with Gasteiger partial charge in [0.05, 0.1) is 24.0 Å². The number of imide groups is 1. The van der Waals surface area contributed by atoms with E-state index >= 15 is 0 Å². The lowest BCUT2D eigenvalue weighted by Crippen LogP contribution is -2.53. The molecule has 4 aliphatic rings. The molecule has 1 atom stereocenters. The SMILES string of the molecule is [C-]#[N+]C1(CN2CCC(C)(n3cc(Cc4ccc5c6c(cccc46)C(=O)N5C4CCC(=O)NC4=O)cn3)CC2)CC1. The average molecular weight is 537 g/mol. The number of nitrogens with zero attached hydrogens (tertiary/aromatic N) is 5. The Kier molecular flexibility index (Phi) is 5.62. The predicted molar refractivity (Wildman–Crippen MR) is 150 cm³/mol. The van der Waals surface area contributed by atoms with Gasteiger partial charge >= 0.3 is 0 Å². The summed E-state index contributed by atoms with van der Waals surface area (Å²) < 4.78 is 2.12. The van der Waals surface area contributed by atoms with Gasteiger partial charge in [-0.1, -0.05) is 18.2 Å². The van der Waals surface area contributed by atoms with Gasteiger partial charge < -0.3 is 4.85 Å². The van der Waals surface area contributed by atoms with Gasteiger partial charge in [-0.05, 0) is 54.8 Å². The third kappa shape index (κ3) is 4.01. The van der Waals surface area contributed by atoms with E-state index in [9.17, 15) is 14.4 Å². The summed E-state index contributed by atoms with van der Waals surface area (Å²) in [6.07, 6.45) is 9.40. The van der Waals surface area contributed by atoms with E-state index in [-0.39, 0.29) is 29.3 Å². The lowest BCUT2D eigenvalue weighted by atomic mass is 9.89. The number of amides is 3. The summed E-state index contributed by atoms with van der Waals surface area (Å²) in [4.78, 5) is 45.6. The summed E-state index contributed by atoms with van der Waals surface area (Å²) in [6, 6.07) is 9.05. The molecule has 2 saturated heterocycles. The molecule has 3 amide bonds. The maximum Gasteiger partial charge on any atom is 0.259 e. The van der Waals surface area contributed by atoms with Crippen LogP contribution in [0.4, 0.5) is 5.69 Å². The van der Waals surface area contributed by atoms with Gasteiger partial charge in [-0.2, -0.15) is 5.10 Å². The van der Waals surface area contributed by atoms with Gasteiger partial charge in [0.1, 0.15) is 6.04 Å². The van der Waals surface area contributed by atoms with Gasteiger partial charge in [0, 0.05) is 55.9 Å². The highest BCUT2D eigenvalue weighted by Crippen LogP contribution is 2.43.